The van der Waals surface area contributed by atoms with Gasteiger partial charge >= 0.3 is 0 Å². The average Bonchev–Trinajstić information content (AvgIpc) is 2.91. The number of likely N-dealkylation sites (tertiary alicyclic amines) is 1. The van der Waals surface area contributed by atoms with E-state index in [1.165, 1.54) is 6.20 Å². The highest BCUT2D eigenvalue weighted by atomic mass is 19.3. The highest BCUT2D eigenvalue weighted by Crippen LogP contribution is 2.48. The molecular formula is C17H23F2N3O3. The minimum atomic E-state index is -2.88. The molecule has 0 radical (unpaired) electrons. The molecule has 2 amide bonds. The number of nitrogens with zero attached hydrogens (tertiary/aromatic N) is 2. The summed E-state index contributed by atoms with van der Waals surface area (Å²) in [5.41, 5.74) is 0.608. The van der Waals surface area contributed by atoms with Crippen LogP contribution in [0.25, 0.3) is 0 Å². The first-order valence-electron chi connectivity index (χ1n) is 8.54. The molecule has 2 heterocycles. The van der Waals surface area contributed by atoms with Crippen LogP contribution >= 0.6 is 0 Å². The third-order valence-electron chi connectivity index (χ3n) is 4.96. The van der Waals surface area contributed by atoms with Crippen molar-refractivity contribution in [3.63, 3.8) is 0 Å². The molecule has 0 spiro atoms. The van der Waals surface area contributed by atoms with Gasteiger partial charge in [-0.3, -0.25) is 9.59 Å². The van der Waals surface area contributed by atoms with Crippen LogP contribution in [-0.2, 0) is 11.2 Å². The van der Waals surface area contributed by atoms with E-state index in [1.807, 2.05) is 20.8 Å². The second kappa shape index (κ2) is 6.07. The summed E-state index contributed by atoms with van der Waals surface area (Å²) in [6, 6.07) is -0.256. The first-order chi connectivity index (χ1) is 11.6. The Balaban J connectivity index is 1.68. The fourth-order valence-corrected chi connectivity index (χ4v) is 3.48. The summed E-state index contributed by atoms with van der Waals surface area (Å²) in [6.07, 6.45) is 2.44. The zero-order valence-electron chi connectivity index (χ0n) is 14.6. The summed E-state index contributed by atoms with van der Waals surface area (Å²) in [6.45, 7) is 6.65. The molecule has 138 valence electrons. The molecule has 2 atom stereocenters. The summed E-state index contributed by atoms with van der Waals surface area (Å²) in [5.74, 6) is -4.81. The van der Waals surface area contributed by atoms with E-state index < -0.39 is 24.2 Å². The minimum absolute atomic E-state index is 0.124. The zero-order chi connectivity index (χ0) is 18.4. The Morgan fingerprint density at radius 2 is 2.08 bits per heavy atom. The predicted molar refractivity (Wildman–Crippen MR) is 85.2 cm³/mol. The second-order valence-electron chi connectivity index (χ2n) is 7.75. The summed E-state index contributed by atoms with van der Waals surface area (Å²) < 4.78 is 31.1. The molecule has 0 aromatic carbocycles. The smallest absolute Gasteiger partial charge is 0.293 e. The van der Waals surface area contributed by atoms with Crippen molar-refractivity contribution in [2.75, 3.05) is 13.1 Å². The number of halogens is 2. The predicted octanol–water partition coefficient (Wildman–Crippen LogP) is 2.25. The SMILES string of the molecule is CCc1cnoc1C(=O)N1CC(C)(C)CC1CNC(=O)[C@@H]1CC1(F)F. The highest BCUT2D eigenvalue weighted by Gasteiger charge is 2.61. The number of carbonyl (C=O) groups is 2. The molecule has 1 aliphatic carbocycles. The molecule has 8 heteroatoms. The average molecular weight is 355 g/mol. The van der Waals surface area contributed by atoms with Crippen LogP contribution in [0.4, 0.5) is 8.78 Å². The van der Waals surface area contributed by atoms with Crippen LogP contribution in [0.1, 0.15) is 49.7 Å². The van der Waals surface area contributed by atoms with Crippen LogP contribution in [0.3, 0.4) is 0 Å². The van der Waals surface area contributed by atoms with E-state index in [1.54, 1.807) is 4.90 Å². The Hall–Kier alpha value is -1.99. The normalized spacial score (nSPS) is 26.5. The van der Waals surface area contributed by atoms with Gasteiger partial charge in [-0.05, 0) is 18.3 Å². The van der Waals surface area contributed by atoms with Crippen molar-refractivity contribution in [2.45, 2.75) is 52.0 Å². The Morgan fingerprint density at radius 3 is 2.68 bits per heavy atom. The van der Waals surface area contributed by atoms with Gasteiger partial charge in [0.05, 0.1) is 12.2 Å². The van der Waals surface area contributed by atoms with Crippen molar-refractivity contribution in [2.24, 2.45) is 11.3 Å². The van der Waals surface area contributed by atoms with Crippen molar-refractivity contribution >= 4 is 11.8 Å². The number of hydrogen-bond acceptors (Lipinski definition) is 4. The summed E-state index contributed by atoms with van der Waals surface area (Å²) in [5, 5.41) is 6.27. The van der Waals surface area contributed by atoms with Crippen LogP contribution in [0.2, 0.25) is 0 Å². The van der Waals surface area contributed by atoms with Crippen LogP contribution in [0, 0.1) is 11.3 Å². The maximum atomic E-state index is 13.0. The fraction of sp³-hybridized carbons (Fsp3) is 0.706. The molecule has 25 heavy (non-hydrogen) atoms. The standard InChI is InChI=1S/C17H23F2N3O3/c1-4-10-7-21-25-13(10)15(24)22-9-16(2,3)5-11(22)8-20-14(23)12-6-17(12,18)19/h7,11-12H,4-6,8-9H2,1-3H3,(H,20,23)/t11?,12-/m0/s1. The molecule has 3 rings (SSSR count). The maximum Gasteiger partial charge on any atom is 0.293 e. The van der Waals surface area contributed by atoms with Crippen LogP contribution in [0.15, 0.2) is 10.7 Å². The Bertz CT molecular complexity index is 686. The van der Waals surface area contributed by atoms with Crippen LogP contribution in [-0.4, -0.2) is 46.9 Å². The van der Waals surface area contributed by atoms with Crippen molar-refractivity contribution < 1.29 is 22.9 Å². The first-order valence-corrected chi connectivity index (χ1v) is 8.54. The summed E-state index contributed by atoms with van der Waals surface area (Å²) >= 11 is 0. The lowest BCUT2D eigenvalue weighted by Crippen LogP contribution is -2.44. The number of aromatic nitrogens is 1. The number of hydrogen-bond donors (Lipinski definition) is 1. The molecule has 1 aromatic rings. The van der Waals surface area contributed by atoms with Gasteiger partial charge < -0.3 is 14.7 Å². The molecule has 1 N–H and O–H groups in total. The lowest BCUT2D eigenvalue weighted by molar-refractivity contribution is -0.124. The number of aryl methyl sites for hydroxylation is 1. The van der Waals surface area contributed by atoms with E-state index in [2.05, 4.69) is 10.5 Å². The monoisotopic (exact) mass is 355 g/mol. The largest absolute Gasteiger partial charge is 0.354 e. The first kappa shape index (κ1) is 17.8. The van der Waals surface area contributed by atoms with Crippen LogP contribution < -0.4 is 5.32 Å². The fourth-order valence-electron chi connectivity index (χ4n) is 3.48. The molecule has 1 aromatic heterocycles. The van der Waals surface area contributed by atoms with Gasteiger partial charge in [0.1, 0.15) is 5.92 Å². The third kappa shape index (κ3) is 3.52. The van der Waals surface area contributed by atoms with Crippen molar-refractivity contribution in [3.05, 3.63) is 17.5 Å². The molecule has 1 unspecified atom stereocenters. The molecule has 2 aliphatic rings. The van der Waals surface area contributed by atoms with Gasteiger partial charge in [0.15, 0.2) is 0 Å². The Morgan fingerprint density at radius 1 is 1.40 bits per heavy atom. The summed E-state index contributed by atoms with van der Waals surface area (Å²) in [4.78, 5) is 26.3. The van der Waals surface area contributed by atoms with Gasteiger partial charge in [0.25, 0.3) is 11.8 Å². The van der Waals surface area contributed by atoms with E-state index in [-0.39, 0.29) is 29.7 Å². The quantitative estimate of drug-likeness (QED) is 0.879. The van der Waals surface area contributed by atoms with E-state index in [0.717, 1.165) is 5.56 Å². The number of nitrogens with one attached hydrogen (secondary N) is 1. The number of alkyl halides is 2. The second-order valence-corrected chi connectivity index (χ2v) is 7.75. The van der Waals surface area contributed by atoms with E-state index >= 15 is 0 Å². The van der Waals surface area contributed by atoms with Gasteiger partial charge in [-0.25, -0.2) is 8.78 Å². The van der Waals surface area contributed by atoms with Gasteiger partial charge in [0, 0.05) is 25.1 Å². The number of carbonyl (C=O) groups excluding carboxylic acids is 2. The molecule has 1 saturated heterocycles. The zero-order valence-corrected chi connectivity index (χ0v) is 14.6. The Kier molecular flexibility index (Phi) is 4.33. The molecule has 1 saturated carbocycles. The van der Waals surface area contributed by atoms with Crippen molar-refractivity contribution in [1.29, 1.82) is 0 Å². The molecule has 0 bridgehead atoms. The maximum absolute atomic E-state index is 13.0. The van der Waals surface area contributed by atoms with Gasteiger partial charge in [-0.15, -0.1) is 0 Å². The molecule has 6 nitrogen and oxygen atoms in total. The van der Waals surface area contributed by atoms with E-state index in [4.69, 9.17) is 4.52 Å². The molecule has 2 fully saturated rings. The van der Waals surface area contributed by atoms with E-state index in [9.17, 15) is 18.4 Å². The van der Waals surface area contributed by atoms with Gasteiger partial charge in [0.2, 0.25) is 11.7 Å². The minimum Gasteiger partial charge on any atom is -0.354 e. The number of amides is 2. The molecular weight excluding hydrogens is 332 g/mol. The number of rotatable bonds is 5. The topological polar surface area (TPSA) is 75.4 Å². The summed E-state index contributed by atoms with van der Waals surface area (Å²) in [7, 11) is 0. The molecule has 1 aliphatic heterocycles. The Labute approximate surface area is 144 Å². The highest BCUT2D eigenvalue weighted by molar-refractivity contribution is 5.93. The third-order valence-corrected chi connectivity index (χ3v) is 4.96. The van der Waals surface area contributed by atoms with Crippen molar-refractivity contribution in [3.8, 4) is 0 Å². The van der Waals surface area contributed by atoms with Gasteiger partial charge in [-0.1, -0.05) is 25.9 Å². The van der Waals surface area contributed by atoms with E-state index in [0.29, 0.717) is 19.4 Å². The van der Waals surface area contributed by atoms with Crippen LogP contribution in [0.5, 0.6) is 0 Å². The van der Waals surface area contributed by atoms with Crippen molar-refractivity contribution in [1.82, 2.24) is 15.4 Å². The lowest BCUT2D eigenvalue weighted by Gasteiger charge is -2.24. The lowest BCUT2D eigenvalue weighted by atomic mass is 9.91. The van der Waals surface area contributed by atoms with Gasteiger partial charge in [-0.2, -0.15) is 0 Å².